The summed E-state index contributed by atoms with van der Waals surface area (Å²) in [6, 6.07) is 6.64. The van der Waals surface area contributed by atoms with Crippen LogP contribution in [0.2, 0.25) is 0 Å². The second-order valence-electron chi connectivity index (χ2n) is 10.2. The van der Waals surface area contributed by atoms with Crippen LogP contribution in [0, 0.1) is 5.82 Å². The zero-order chi connectivity index (χ0) is 29.3. The Labute approximate surface area is 233 Å². The van der Waals surface area contributed by atoms with Crippen LogP contribution in [0.15, 0.2) is 47.5 Å². The van der Waals surface area contributed by atoms with E-state index in [2.05, 4.69) is 25.1 Å². The quantitative estimate of drug-likeness (QED) is 0.448. The van der Waals surface area contributed by atoms with E-state index in [0.717, 1.165) is 6.20 Å². The van der Waals surface area contributed by atoms with Gasteiger partial charge in [0.15, 0.2) is 0 Å². The largest absolute Gasteiger partial charge is 0.417 e. The third-order valence-electron chi connectivity index (χ3n) is 7.50. The number of benzene rings is 1. The van der Waals surface area contributed by atoms with Crippen LogP contribution in [0.3, 0.4) is 0 Å². The fourth-order valence-corrected chi connectivity index (χ4v) is 5.02. The number of ether oxygens (including phenoxy) is 1. The number of carbonyl (C=O) groups excluding carboxylic acids is 1. The van der Waals surface area contributed by atoms with Crippen LogP contribution in [0.5, 0.6) is 0 Å². The molecule has 1 aromatic carbocycles. The van der Waals surface area contributed by atoms with Crippen molar-refractivity contribution in [3.8, 4) is 11.1 Å². The van der Waals surface area contributed by atoms with Gasteiger partial charge in [-0.05, 0) is 38.2 Å². The lowest BCUT2D eigenvalue weighted by molar-refractivity contribution is -0.138. The molecule has 2 saturated heterocycles. The van der Waals surface area contributed by atoms with Crippen molar-refractivity contribution < 1.29 is 27.1 Å². The number of rotatable bonds is 5. The molecule has 2 aromatic heterocycles. The van der Waals surface area contributed by atoms with Crippen molar-refractivity contribution in [1.29, 1.82) is 0 Å². The van der Waals surface area contributed by atoms with Gasteiger partial charge in [0.1, 0.15) is 11.6 Å². The minimum absolute atomic E-state index is 0.114. The van der Waals surface area contributed by atoms with E-state index in [1.165, 1.54) is 18.3 Å². The molecule has 2 aliphatic rings. The standard InChI is InChI=1S/C28H30F4N6O3/c1-17-16-38(6-5-36(17)2)24-13-22(29)19(18-3-4-25(33-14-18)37-7-9-41-10-8-37)11-23(24)35-27(40)20-15-34-26(39)12-21(20)28(30,31)32/h3-4,11-15,17H,5-10,16H2,1-2H3,(H,34,39)(H,35,40)/t17-/m0/s1. The van der Waals surface area contributed by atoms with Gasteiger partial charge in [0.05, 0.1) is 35.7 Å². The molecule has 0 aliphatic carbocycles. The number of morpholine rings is 1. The summed E-state index contributed by atoms with van der Waals surface area (Å²) in [6.45, 7) is 6.23. The maximum Gasteiger partial charge on any atom is 0.417 e. The van der Waals surface area contributed by atoms with Crippen LogP contribution in [-0.4, -0.2) is 79.8 Å². The minimum Gasteiger partial charge on any atom is -0.378 e. The maximum absolute atomic E-state index is 15.6. The average molecular weight is 575 g/mol. The summed E-state index contributed by atoms with van der Waals surface area (Å²) >= 11 is 0. The van der Waals surface area contributed by atoms with Crippen molar-refractivity contribution in [3.05, 3.63) is 70.0 Å². The van der Waals surface area contributed by atoms with E-state index >= 15 is 4.39 Å². The lowest BCUT2D eigenvalue weighted by atomic mass is 10.0. The molecule has 4 heterocycles. The van der Waals surface area contributed by atoms with Crippen molar-refractivity contribution >= 4 is 23.1 Å². The van der Waals surface area contributed by atoms with Gasteiger partial charge >= 0.3 is 6.18 Å². The first kappa shape index (κ1) is 28.6. The van der Waals surface area contributed by atoms with E-state index in [4.69, 9.17) is 4.74 Å². The number of hydrogen-bond donors (Lipinski definition) is 2. The summed E-state index contributed by atoms with van der Waals surface area (Å²) < 4.78 is 62.0. The molecule has 13 heteroatoms. The molecule has 9 nitrogen and oxygen atoms in total. The molecule has 0 bridgehead atoms. The molecule has 1 amide bonds. The summed E-state index contributed by atoms with van der Waals surface area (Å²) in [5.74, 6) is -0.937. The van der Waals surface area contributed by atoms with E-state index in [0.29, 0.717) is 69.1 Å². The number of nitrogens with zero attached hydrogens (tertiary/aromatic N) is 4. The highest BCUT2D eigenvalue weighted by atomic mass is 19.4. The predicted octanol–water partition coefficient (Wildman–Crippen LogP) is 3.82. The number of halogens is 4. The minimum atomic E-state index is -4.93. The fraction of sp³-hybridized carbons (Fsp3) is 0.393. The number of aromatic nitrogens is 2. The Morgan fingerprint density at radius 3 is 2.51 bits per heavy atom. The zero-order valence-electron chi connectivity index (χ0n) is 22.6. The van der Waals surface area contributed by atoms with Gasteiger partial charge in [-0.1, -0.05) is 0 Å². The Bertz CT molecular complexity index is 1470. The number of hydrogen-bond acceptors (Lipinski definition) is 7. The third kappa shape index (κ3) is 6.20. The van der Waals surface area contributed by atoms with Crippen molar-refractivity contribution in [1.82, 2.24) is 14.9 Å². The average Bonchev–Trinajstić information content (AvgIpc) is 2.95. The third-order valence-corrected chi connectivity index (χ3v) is 7.50. The molecular weight excluding hydrogens is 544 g/mol. The SMILES string of the molecule is C[C@H]1CN(c2cc(F)c(-c3ccc(N4CCOCC4)nc3)cc2NC(=O)c2c[nH]c(=O)cc2C(F)(F)F)CCN1C. The van der Waals surface area contributed by atoms with Crippen LogP contribution in [0.25, 0.3) is 11.1 Å². The number of aromatic amines is 1. The van der Waals surface area contributed by atoms with E-state index in [9.17, 15) is 22.8 Å². The summed E-state index contributed by atoms with van der Waals surface area (Å²) in [7, 11) is 1.97. The van der Waals surface area contributed by atoms with E-state index in [1.54, 1.807) is 12.1 Å². The predicted molar refractivity (Wildman–Crippen MR) is 147 cm³/mol. The van der Waals surface area contributed by atoms with Crippen molar-refractivity contribution in [3.63, 3.8) is 0 Å². The van der Waals surface area contributed by atoms with E-state index in [1.807, 2.05) is 18.9 Å². The normalized spacial score (nSPS) is 18.4. The highest BCUT2D eigenvalue weighted by Crippen LogP contribution is 2.37. The highest BCUT2D eigenvalue weighted by Gasteiger charge is 2.36. The Balaban J connectivity index is 1.53. The first-order chi connectivity index (χ1) is 19.5. The molecule has 0 radical (unpaired) electrons. The number of nitrogens with one attached hydrogen (secondary N) is 2. The number of carbonyl (C=O) groups is 1. The van der Waals surface area contributed by atoms with Crippen LogP contribution in [0.4, 0.5) is 34.8 Å². The molecule has 2 N–H and O–H groups in total. The van der Waals surface area contributed by atoms with Gasteiger partial charge < -0.3 is 29.7 Å². The molecule has 2 aliphatic heterocycles. The molecule has 218 valence electrons. The number of anilines is 3. The summed E-state index contributed by atoms with van der Waals surface area (Å²) in [5.41, 5.74) is -2.05. The van der Waals surface area contributed by atoms with Crippen LogP contribution >= 0.6 is 0 Å². The summed E-state index contributed by atoms with van der Waals surface area (Å²) in [5, 5.41) is 2.56. The second kappa shape index (κ2) is 11.5. The molecule has 3 aromatic rings. The summed E-state index contributed by atoms with van der Waals surface area (Å²) in [6.07, 6.45) is -2.68. The molecular formula is C28H30F4N6O3. The van der Waals surface area contributed by atoms with Crippen LogP contribution in [0.1, 0.15) is 22.8 Å². The Morgan fingerprint density at radius 2 is 1.85 bits per heavy atom. The van der Waals surface area contributed by atoms with Crippen molar-refractivity contribution in [2.24, 2.45) is 0 Å². The number of H-pyrrole nitrogens is 1. The Kier molecular flexibility index (Phi) is 8.00. The topological polar surface area (TPSA) is 93.8 Å². The van der Waals surface area contributed by atoms with Gasteiger partial charge in [-0.2, -0.15) is 13.2 Å². The molecule has 41 heavy (non-hydrogen) atoms. The smallest absolute Gasteiger partial charge is 0.378 e. The number of likely N-dealkylation sites (N-methyl/N-ethyl adjacent to an activating group) is 1. The number of piperazine rings is 1. The molecule has 2 fully saturated rings. The maximum atomic E-state index is 15.6. The first-order valence-electron chi connectivity index (χ1n) is 13.2. The van der Waals surface area contributed by atoms with Gasteiger partial charge in [-0.25, -0.2) is 9.37 Å². The lowest BCUT2D eigenvalue weighted by Gasteiger charge is -2.39. The molecule has 0 saturated carbocycles. The van der Waals surface area contributed by atoms with Crippen molar-refractivity contribution in [2.45, 2.75) is 19.1 Å². The van der Waals surface area contributed by atoms with E-state index < -0.39 is 34.6 Å². The number of alkyl halides is 3. The van der Waals surface area contributed by atoms with Crippen molar-refractivity contribution in [2.75, 3.05) is 68.1 Å². The Hall–Kier alpha value is -3.97. The molecule has 1 atom stereocenters. The molecule has 0 unspecified atom stereocenters. The molecule has 0 spiro atoms. The highest BCUT2D eigenvalue weighted by molar-refractivity contribution is 6.07. The van der Waals surface area contributed by atoms with Gasteiger partial charge in [-0.3, -0.25) is 9.59 Å². The van der Waals surface area contributed by atoms with Crippen LogP contribution < -0.4 is 20.7 Å². The van der Waals surface area contributed by atoms with Gasteiger partial charge in [0.25, 0.3) is 5.91 Å². The lowest BCUT2D eigenvalue weighted by Crippen LogP contribution is -2.50. The zero-order valence-corrected chi connectivity index (χ0v) is 22.6. The number of pyridine rings is 2. The molecule has 5 rings (SSSR count). The monoisotopic (exact) mass is 574 g/mol. The van der Waals surface area contributed by atoms with Gasteiger partial charge in [0.2, 0.25) is 5.56 Å². The second-order valence-corrected chi connectivity index (χ2v) is 10.2. The fourth-order valence-electron chi connectivity index (χ4n) is 5.02. The van der Waals surface area contributed by atoms with Gasteiger partial charge in [-0.15, -0.1) is 0 Å². The van der Waals surface area contributed by atoms with Crippen LogP contribution in [-0.2, 0) is 10.9 Å². The van der Waals surface area contributed by atoms with Gasteiger partial charge in [0, 0.05) is 68.4 Å². The Morgan fingerprint density at radius 1 is 1.10 bits per heavy atom. The van der Waals surface area contributed by atoms with E-state index in [-0.39, 0.29) is 17.3 Å². The number of amides is 1. The first-order valence-corrected chi connectivity index (χ1v) is 13.2. The summed E-state index contributed by atoms with van der Waals surface area (Å²) in [4.78, 5) is 37.5.